The van der Waals surface area contributed by atoms with Gasteiger partial charge in [0.2, 0.25) is 5.95 Å². The number of nitrogens with one attached hydrogen (secondary N) is 2. The fraction of sp³-hybridized carbons (Fsp3) is 0.379. The second-order valence-electron chi connectivity index (χ2n) is 10.5. The van der Waals surface area contributed by atoms with Crippen molar-refractivity contribution in [3.8, 4) is 23.4 Å². The summed E-state index contributed by atoms with van der Waals surface area (Å²) >= 11 is 0. The molecule has 0 radical (unpaired) electrons. The molecule has 0 aliphatic carbocycles. The van der Waals surface area contributed by atoms with Crippen LogP contribution in [0.1, 0.15) is 53.5 Å². The number of nitrogens with zero attached hydrogens (tertiary/aromatic N) is 5. The van der Waals surface area contributed by atoms with E-state index >= 15 is 0 Å². The number of aromatic nitrogens is 2. The van der Waals surface area contributed by atoms with Crippen molar-refractivity contribution < 1.29 is 5.11 Å². The van der Waals surface area contributed by atoms with Gasteiger partial charge in [0.1, 0.15) is 6.07 Å². The van der Waals surface area contributed by atoms with Crippen molar-refractivity contribution in [3.05, 3.63) is 64.3 Å². The predicted octanol–water partition coefficient (Wildman–Crippen LogP) is 4.42. The summed E-state index contributed by atoms with van der Waals surface area (Å²) in [4.78, 5) is 11.5. The highest BCUT2D eigenvalue weighted by molar-refractivity contribution is 5.76. The van der Waals surface area contributed by atoms with Crippen molar-refractivity contribution >= 4 is 17.3 Å². The molecule has 2 atom stereocenters. The third-order valence-electron chi connectivity index (χ3n) is 7.69. The van der Waals surface area contributed by atoms with Crippen LogP contribution in [0.3, 0.4) is 0 Å². The van der Waals surface area contributed by atoms with E-state index in [0.29, 0.717) is 35.2 Å². The quantitative estimate of drug-likeness (QED) is 0.478. The summed E-state index contributed by atoms with van der Waals surface area (Å²) in [5, 5.41) is 36.2. The van der Waals surface area contributed by atoms with Crippen LogP contribution >= 0.6 is 0 Å². The van der Waals surface area contributed by atoms with Crippen LogP contribution in [0.2, 0.25) is 0 Å². The van der Waals surface area contributed by atoms with Gasteiger partial charge >= 0.3 is 0 Å². The smallest absolute Gasteiger partial charge is 0.227 e. The Balaban J connectivity index is 1.47. The first-order chi connectivity index (χ1) is 17.8. The minimum atomic E-state index is -0.468. The molecule has 0 spiro atoms. The number of hydrogen-bond donors (Lipinski definition) is 3. The molecule has 3 N–H and O–H groups in total. The molecule has 3 heterocycles. The summed E-state index contributed by atoms with van der Waals surface area (Å²) in [6.45, 7) is 6.62. The molecule has 0 bridgehead atoms. The van der Waals surface area contributed by atoms with E-state index < -0.39 is 5.41 Å². The first-order valence-electron chi connectivity index (χ1n) is 12.6. The number of piperidine rings is 1. The van der Waals surface area contributed by atoms with E-state index in [1.807, 2.05) is 38.1 Å². The highest BCUT2D eigenvalue weighted by Gasteiger charge is 2.36. The molecule has 2 aromatic carbocycles. The van der Waals surface area contributed by atoms with Crippen LogP contribution in [0.5, 0.6) is 0 Å². The fourth-order valence-electron chi connectivity index (χ4n) is 5.48. The molecule has 2 aliphatic rings. The summed E-state index contributed by atoms with van der Waals surface area (Å²) in [7, 11) is 2.13. The van der Waals surface area contributed by atoms with Crippen LogP contribution in [0, 0.1) is 29.6 Å². The highest BCUT2D eigenvalue weighted by Crippen LogP contribution is 2.41. The number of hydrogen-bond acceptors (Lipinski definition) is 8. The number of likely N-dealkylation sites (N-methyl/N-ethyl adjacent to an activating group) is 1. The number of benzene rings is 2. The van der Waals surface area contributed by atoms with Crippen LogP contribution < -0.4 is 10.6 Å². The molecule has 2 aliphatic heterocycles. The van der Waals surface area contributed by atoms with E-state index in [1.165, 1.54) is 0 Å². The van der Waals surface area contributed by atoms with Gasteiger partial charge in [-0.05, 0) is 80.2 Å². The largest absolute Gasteiger partial charge is 0.395 e. The van der Waals surface area contributed by atoms with Crippen LogP contribution in [0.4, 0.5) is 17.3 Å². The summed E-state index contributed by atoms with van der Waals surface area (Å²) in [5.41, 5.74) is 6.82. The number of aliphatic hydroxyl groups excluding tert-OH is 1. The van der Waals surface area contributed by atoms with Gasteiger partial charge in [0, 0.05) is 36.0 Å². The summed E-state index contributed by atoms with van der Waals surface area (Å²) in [6.07, 6.45) is 3.91. The molecule has 5 rings (SSSR count). The maximum absolute atomic E-state index is 10.0. The minimum Gasteiger partial charge on any atom is -0.395 e. The SMILES string of the molecule is Cc1cc(C2CCCN(C)C2)c(C#N)cc1Nc1nccc(-c2cc(C#N)c3c(c2)[C@@](C)(CO)CN3)n1. The van der Waals surface area contributed by atoms with Crippen molar-refractivity contribution in [2.75, 3.05) is 43.9 Å². The van der Waals surface area contributed by atoms with Gasteiger partial charge in [0.15, 0.2) is 0 Å². The van der Waals surface area contributed by atoms with E-state index in [4.69, 9.17) is 4.98 Å². The topological polar surface area (TPSA) is 121 Å². The zero-order valence-corrected chi connectivity index (χ0v) is 21.5. The number of rotatable bonds is 5. The van der Waals surface area contributed by atoms with Gasteiger partial charge in [0.25, 0.3) is 0 Å². The van der Waals surface area contributed by atoms with Crippen LogP contribution in [-0.4, -0.2) is 53.3 Å². The monoisotopic (exact) mass is 493 g/mol. The lowest BCUT2D eigenvalue weighted by atomic mass is 9.83. The second-order valence-corrected chi connectivity index (χ2v) is 10.5. The first-order valence-corrected chi connectivity index (χ1v) is 12.6. The lowest BCUT2D eigenvalue weighted by molar-refractivity contribution is 0.219. The Morgan fingerprint density at radius 2 is 2.03 bits per heavy atom. The molecule has 0 saturated carbocycles. The Bertz CT molecular complexity index is 1440. The molecule has 8 heteroatoms. The van der Waals surface area contributed by atoms with Gasteiger partial charge in [-0.1, -0.05) is 13.0 Å². The Labute approximate surface area is 217 Å². The van der Waals surface area contributed by atoms with Crippen molar-refractivity contribution in [1.82, 2.24) is 14.9 Å². The molecule has 37 heavy (non-hydrogen) atoms. The fourth-order valence-corrected chi connectivity index (χ4v) is 5.48. The van der Waals surface area contributed by atoms with Crippen molar-refractivity contribution in [1.29, 1.82) is 10.5 Å². The molecular formula is C29H31N7O. The van der Waals surface area contributed by atoms with Crippen molar-refractivity contribution in [2.45, 2.75) is 38.0 Å². The lowest BCUT2D eigenvalue weighted by Gasteiger charge is -2.30. The van der Waals surface area contributed by atoms with E-state index in [0.717, 1.165) is 59.6 Å². The maximum atomic E-state index is 10.0. The lowest BCUT2D eigenvalue weighted by Crippen LogP contribution is -2.31. The minimum absolute atomic E-state index is 0.0223. The molecule has 1 unspecified atom stereocenters. The number of fused-ring (bicyclic) bond motifs is 1. The number of aryl methyl sites for hydroxylation is 1. The van der Waals surface area contributed by atoms with Gasteiger partial charge in [-0.3, -0.25) is 0 Å². The van der Waals surface area contributed by atoms with Gasteiger partial charge in [0.05, 0.1) is 35.2 Å². The number of aliphatic hydroxyl groups is 1. The molecule has 1 fully saturated rings. The molecule has 3 aromatic rings. The van der Waals surface area contributed by atoms with Crippen LogP contribution in [0.15, 0.2) is 36.5 Å². The molecule has 188 valence electrons. The standard InChI is InChI=1S/C29H31N7O/c1-18-9-23(19-5-4-8-36(3)15-19)21(13-30)12-26(18)35-28-32-7-6-25(34-28)20-10-22(14-31)27-24(11-20)29(2,17-37)16-33-27/h6-7,9-12,19,33,37H,4-5,8,15-17H2,1-3H3,(H,32,34,35)/t19?,29-/m1/s1. The van der Waals surface area contributed by atoms with Gasteiger partial charge in [-0.2, -0.15) is 10.5 Å². The molecule has 1 saturated heterocycles. The second kappa shape index (κ2) is 9.82. The zero-order chi connectivity index (χ0) is 26.2. The van der Waals surface area contributed by atoms with E-state index in [1.54, 1.807) is 6.20 Å². The maximum Gasteiger partial charge on any atom is 0.227 e. The zero-order valence-electron chi connectivity index (χ0n) is 21.5. The summed E-state index contributed by atoms with van der Waals surface area (Å²) < 4.78 is 0. The van der Waals surface area contributed by atoms with Crippen molar-refractivity contribution in [2.24, 2.45) is 0 Å². The van der Waals surface area contributed by atoms with Gasteiger partial charge < -0.3 is 20.6 Å². The first kappa shape index (κ1) is 24.7. The average Bonchev–Trinajstić information content (AvgIpc) is 3.26. The van der Waals surface area contributed by atoms with Crippen LogP contribution in [-0.2, 0) is 5.41 Å². The number of anilines is 3. The van der Waals surface area contributed by atoms with Crippen LogP contribution in [0.25, 0.3) is 11.3 Å². The Morgan fingerprint density at radius 3 is 2.76 bits per heavy atom. The molecule has 0 amide bonds. The normalized spacial score (nSPS) is 21.0. The van der Waals surface area contributed by atoms with Gasteiger partial charge in [-0.25, -0.2) is 9.97 Å². The summed E-state index contributed by atoms with van der Waals surface area (Å²) in [5.74, 6) is 0.769. The third-order valence-corrected chi connectivity index (χ3v) is 7.69. The van der Waals surface area contributed by atoms with E-state index in [2.05, 4.69) is 45.8 Å². The van der Waals surface area contributed by atoms with E-state index in [9.17, 15) is 15.6 Å². The number of likely N-dealkylation sites (tertiary alicyclic amines) is 1. The van der Waals surface area contributed by atoms with E-state index in [-0.39, 0.29) is 6.61 Å². The number of nitriles is 2. The Morgan fingerprint density at radius 1 is 1.22 bits per heavy atom. The van der Waals surface area contributed by atoms with Crippen molar-refractivity contribution in [3.63, 3.8) is 0 Å². The third kappa shape index (κ3) is 4.62. The Hall–Kier alpha value is -3.98. The molecule has 8 nitrogen and oxygen atoms in total. The average molecular weight is 494 g/mol. The molecule has 1 aromatic heterocycles. The summed E-state index contributed by atoms with van der Waals surface area (Å²) in [6, 6.07) is 14.3. The molecular weight excluding hydrogens is 462 g/mol. The van der Waals surface area contributed by atoms with Gasteiger partial charge in [-0.15, -0.1) is 0 Å². The highest BCUT2D eigenvalue weighted by atomic mass is 16.3. The Kier molecular flexibility index (Phi) is 6.55. The predicted molar refractivity (Wildman–Crippen MR) is 144 cm³/mol.